The van der Waals surface area contributed by atoms with E-state index in [0.717, 1.165) is 16.9 Å². The Bertz CT molecular complexity index is 814. The summed E-state index contributed by atoms with van der Waals surface area (Å²) in [5.74, 6) is 1.19. The van der Waals surface area contributed by atoms with Crippen molar-refractivity contribution in [3.05, 3.63) is 59.7 Å². The lowest BCUT2D eigenvalue weighted by Crippen LogP contribution is -2.45. The third-order valence-corrected chi connectivity index (χ3v) is 5.04. The van der Waals surface area contributed by atoms with Gasteiger partial charge in [0.2, 0.25) is 5.91 Å². The monoisotopic (exact) mass is 368 g/mol. The van der Waals surface area contributed by atoms with E-state index in [0.29, 0.717) is 19.0 Å². The molecule has 0 radical (unpaired) electrons. The predicted molar refractivity (Wildman–Crippen MR) is 101 cm³/mol. The summed E-state index contributed by atoms with van der Waals surface area (Å²) in [5.41, 5.74) is 14.2. The Morgan fingerprint density at radius 1 is 1.11 bits per heavy atom. The Kier molecular flexibility index (Phi) is 4.98. The maximum atomic E-state index is 12.9. The zero-order valence-electron chi connectivity index (χ0n) is 15.1. The number of hydrogen-bond acceptors (Lipinski definition) is 6. The summed E-state index contributed by atoms with van der Waals surface area (Å²) in [6.45, 7) is 3.04. The molecule has 2 aliphatic heterocycles. The molecule has 2 aromatic carbocycles. The van der Waals surface area contributed by atoms with E-state index >= 15 is 0 Å². The van der Waals surface area contributed by atoms with Gasteiger partial charge in [0, 0.05) is 5.92 Å². The second-order valence-corrected chi connectivity index (χ2v) is 6.86. The molecule has 4 atom stereocenters. The quantitative estimate of drug-likeness (QED) is 0.647. The second kappa shape index (κ2) is 7.56. The molecular formula is C20H24N4O3. The Morgan fingerprint density at radius 3 is 2.63 bits per heavy atom. The lowest BCUT2D eigenvalue weighted by Gasteiger charge is -2.24. The molecule has 2 aliphatic rings. The highest BCUT2D eigenvalue weighted by atomic mass is 16.6. The van der Waals surface area contributed by atoms with Gasteiger partial charge in [-0.05, 0) is 30.2 Å². The lowest BCUT2D eigenvalue weighted by atomic mass is 9.90. The fourth-order valence-corrected chi connectivity index (χ4v) is 3.59. The van der Waals surface area contributed by atoms with Crippen LogP contribution < -0.4 is 31.4 Å². The van der Waals surface area contributed by atoms with E-state index in [1.807, 2.05) is 55.5 Å². The van der Waals surface area contributed by atoms with Crippen LogP contribution in [0, 0.1) is 0 Å². The molecule has 1 amide bonds. The largest absolute Gasteiger partial charge is 0.486 e. The third-order valence-electron chi connectivity index (χ3n) is 5.04. The van der Waals surface area contributed by atoms with E-state index in [1.54, 1.807) is 0 Å². The molecule has 0 saturated carbocycles. The molecule has 1 saturated heterocycles. The smallest absolute Gasteiger partial charge is 0.239 e. The first kappa shape index (κ1) is 17.8. The average molecular weight is 368 g/mol. The van der Waals surface area contributed by atoms with Gasteiger partial charge in [0.15, 0.2) is 11.5 Å². The van der Waals surface area contributed by atoms with Crippen LogP contribution in [0.4, 0.5) is 0 Å². The Hall–Kier alpha value is -2.61. The zero-order valence-corrected chi connectivity index (χ0v) is 15.1. The molecule has 1 fully saturated rings. The van der Waals surface area contributed by atoms with E-state index in [-0.39, 0.29) is 24.0 Å². The van der Waals surface area contributed by atoms with E-state index in [4.69, 9.17) is 15.2 Å². The van der Waals surface area contributed by atoms with Crippen LogP contribution in [-0.2, 0) is 4.79 Å². The lowest BCUT2D eigenvalue weighted by molar-refractivity contribution is -0.123. The van der Waals surface area contributed by atoms with Gasteiger partial charge in [0.05, 0.1) is 12.2 Å². The number of hydrazine groups is 1. The predicted octanol–water partition coefficient (Wildman–Crippen LogP) is 1.18. The SMILES string of the molecule is CC(NC(=O)C1NNC(N)C1c1ccccc1)c1ccc2c(c1)OCCO2. The Morgan fingerprint density at radius 2 is 1.85 bits per heavy atom. The molecule has 27 heavy (non-hydrogen) atoms. The number of benzene rings is 2. The molecule has 0 aromatic heterocycles. The number of nitrogens with one attached hydrogen (secondary N) is 3. The molecule has 2 heterocycles. The van der Waals surface area contributed by atoms with Crippen LogP contribution >= 0.6 is 0 Å². The fourth-order valence-electron chi connectivity index (χ4n) is 3.59. The zero-order chi connectivity index (χ0) is 18.8. The van der Waals surface area contributed by atoms with Gasteiger partial charge in [-0.3, -0.25) is 4.79 Å². The van der Waals surface area contributed by atoms with Gasteiger partial charge in [0.1, 0.15) is 19.3 Å². The first-order valence-corrected chi connectivity index (χ1v) is 9.15. The van der Waals surface area contributed by atoms with Gasteiger partial charge < -0.3 is 20.5 Å². The highest BCUT2D eigenvalue weighted by Gasteiger charge is 2.39. The first-order valence-electron chi connectivity index (χ1n) is 9.15. The molecular weight excluding hydrogens is 344 g/mol. The highest BCUT2D eigenvalue weighted by Crippen LogP contribution is 2.33. The first-order chi connectivity index (χ1) is 13.1. The molecule has 0 bridgehead atoms. The second-order valence-electron chi connectivity index (χ2n) is 6.86. The minimum Gasteiger partial charge on any atom is -0.486 e. The fraction of sp³-hybridized carbons (Fsp3) is 0.350. The van der Waals surface area contributed by atoms with Crippen molar-refractivity contribution in [2.24, 2.45) is 5.73 Å². The summed E-state index contributed by atoms with van der Waals surface area (Å²) in [4.78, 5) is 12.9. The van der Waals surface area contributed by atoms with Crippen LogP contribution in [0.3, 0.4) is 0 Å². The number of carbonyl (C=O) groups is 1. The topological polar surface area (TPSA) is 97.6 Å². The molecule has 4 unspecified atom stereocenters. The minimum atomic E-state index is -0.456. The average Bonchev–Trinajstić information content (AvgIpc) is 3.09. The number of carbonyl (C=O) groups excluding carboxylic acids is 1. The molecule has 2 aromatic rings. The van der Waals surface area contributed by atoms with Gasteiger partial charge in [-0.25, -0.2) is 10.9 Å². The van der Waals surface area contributed by atoms with Crippen molar-refractivity contribution in [2.45, 2.75) is 31.1 Å². The Labute approximate surface area is 158 Å². The molecule has 7 nitrogen and oxygen atoms in total. The molecule has 7 heteroatoms. The highest BCUT2D eigenvalue weighted by molar-refractivity contribution is 5.84. The van der Waals surface area contributed by atoms with E-state index in [1.165, 1.54) is 0 Å². The van der Waals surface area contributed by atoms with Crippen molar-refractivity contribution >= 4 is 5.91 Å². The number of rotatable bonds is 4. The van der Waals surface area contributed by atoms with Crippen molar-refractivity contribution in [3.8, 4) is 11.5 Å². The minimum absolute atomic E-state index is 0.105. The standard InChI is InChI=1S/C20H24N4O3/c1-12(14-7-8-15-16(11-14)27-10-9-26-15)22-20(25)18-17(19(21)24-23-18)13-5-3-2-4-6-13/h2-8,11-12,17-19,23-24H,9-10,21H2,1H3,(H,22,25). The molecule has 142 valence electrons. The summed E-state index contributed by atoms with van der Waals surface area (Å²) in [7, 11) is 0. The van der Waals surface area contributed by atoms with Crippen LogP contribution in [-0.4, -0.2) is 31.3 Å². The maximum absolute atomic E-state index is 12.9. The van der Waals surface area contributed by atoms with E-state index in [9.17, 15) is 4.79 Å². The van der Waals surface area contributed by atoms with Gasteiger partial charge in [-0.2, -0.15) is 0 Å². The number of ether oxygens (including phenoxy) is 2. The van der Waals surface area contributed by atoms with E-state index < -0.39 is 6.04 Å². The van der Waals surface area contributed by atoms with Gasteiger partial charge in [0.25, 0.3) is 0 Å². The van der Waals surface area contributed by atoms with Crippen molar-refractivity contribution in [3.63, 3.8) is 0 Å². The number of nitrogens with two attached hydrogens (primary N) is 1. The van der Waals surface area contributed by atoms with Gasteiger partial charge >= 0.3 is 0 Å². The molecule has 5 N–H and O–H groups in total. The normalized spacial score (nSPS) is 25.0. The summed E-state index contributed by atoms with van der Waals surface area (Å²) < 4.78 is 11.2. The summed E-state index contributed by atoms with van der Waals surface area (Å²) >= 11 is 0. The van der Waals surface area contributed by atoms with E-state index in [2.05, 4.69) is 16.2 Å². The van der Waals surface area contributed by atoms with Crippen LogP contribution in [0.1, 0.15) is 30.0 Å². The van der Waals surface area contributed by atoms with Crippen molar-refractivity contribution in [2.75, 3.05) is 13.2 Å². The van der Waals surface area contributed by atoms with Crippen LogP contribution in [0.15, 0.2) is 48.5 Å². The van der Waals surface area contributed by atoms with Crippen molar-refractivity contribution in [1.29, 1.82) is 0 Å². The maximum Gasteiger partial charge on any atom is 0.239 e. The number of amides is 1. The van der Waals surface area contributed by atoms with Gasteiger partial charge in [-0.1, -0.05) is 36.4 Å². The summed E-state index contributed by atoms with van der Waals surface area (Å²) in [6, 6.07) is 14.9. The molecule has 0 aliphatic carbocycles. The summed E-state index contributed by atoms with van der Waals surface area (Å²) in [5, 5.41) is 3.07. The van der Waals surface area contributed by atoms with Crippen LogP contribution in [0.25, 0.3) is 0 Å². The molecule has 4 rings (SSSR count). The number of fused-ring (bicyclic) bond motifs is 1. The van der Waals surface area contributed by atoms with Crippen LogP contribution in [0.2, 0.25) is 0 Å². The third kappa shape index (κ3) is 3.62. The van der Waals surface area contributed by atoms with Crippen molar-refractivity contribution in [1.82, 2.24) is 16.2 Å². The Balaban J connectivity index is 1.48. The van der Waals surface area contributed by atoms with Crippen molar-refractivity contribution < 1.29 is 14.3 Å². The summed E-state index contributed by atoms with van der Waals surface area (Å²) in [6.07, 6.45) is -0.340. The molecule has 0 spiro atoms. The van der Waals surface area contributed by atoms with Crippen LogP contribution in [0.5, 0.6) is 11.5 Å². The number of hydrogen-bond donors (Lipinski definition) is 4. The van der Waals surface area contributed by atoms with Gasteiger partial charge in [-0.15, -0.1) is 0 Å².